The minimum absolute atomic E-state index is 0.521. The molecule has 4 nitrogen and oxygen atoms in total. The second-order valence-corrected chi connectivity index (χ2v) is 3.54. The molecular weight excluding hydrogens is 188 g/mol. The maximum absolute atomic E-state index is 10.3. The average molecular weight is 204 g/mol. The number of aliphatic carboxylic acids is 1. The fourth-order valence-corrected chi connectivity index (χ4v) is 0.979. The van der Waals surface area contributed by atoms with Gasteiger partial charge in [-0.1, -0.05) is 12.2 Å². The van der Waals surface area contributed by atoms with E-state index in [-0.39, 0.29) is 0 Å². The van der Waals surface area contributed by atoms with Crippen LogP contribution in [0.25, 0.3) is 0 Å². The molecule has 0 rings (SSSR count). The Morgan fingerprint density at radius 3 is 2.69 bits per heavy atom. The summed E-state index contributed by atoms with van der Waals surface area (Å²) in [6.07, 6.45) is 2.23. The van der Waals surface area contributed by atoms with Gasteiger partial charge in [-0.3, -0.25) is 4.79 Å². The van der Waals surface area contributed by atoms with E-state index in [0.717, 1.165) is 24.4 Å². The fraction of sp³-hybridized carbons (Fsp3) is 0.750. The van der Waals surface area contributed by atoms with Crippen LogP contribution in [0.2, 0.25) is 0 Å². The first-order valence-corrected chi connectivity index (χ1v) is 4.67. The molecule has 4 N–H and O–H groups in total. The molecule has 0 saturated heterocycles. The molecule has 0 spiro atoms. The van der Waals surface area contributed by atoms with Gasteiger partial charge in [-0.15, -0.1) is 0 Å². The molecule has 0 radical (unpaired) electrons. The smallest absolute Gasteiger partial charge is 0.320 e. The maximum atomic E-state index is 10.3. The lowest BCUT2D eigenvalue weighted by Gasteiger charge is -2.06. The van der Waals surface area contributed by atoms with Crippen LogP contribution in [-0.2, 0) is 4.79 Å². The highest BCUT2D eigenvalue weighted by Crippen LogP contribution is 1.98. The van der Waals surface area contributed by atoms with Gasteiger partial charge in [-0.05, 0) is 26.2 Å². The van der Waals surface area contributed by atoms with Gasteiger partial charge >= 0.3 is 5.97 Å². The number of nitrogens with one attached hydrogen (secondary N) is 1. The Morgan fingerprint density at radius 2 is 2.23 bits per heavy atom. The Morgan fingerprint density at radius 1 is 1.62 bits per heavy atom. The third kappa shape index (κ3) is 7.67. The van der Waals surface area contributed by atoms with Crippen LogP contribution in [0, 0.1) is 0 Å². The van der Waals surface area contributed by atoms with E-state index in [9.17, 15) is 4.79 Å². The zero-order valence-electron chi connectivity index (χ0n) is 7.75. The molecule has 0 aromatic rings. The van der Waals surface area contributed by atoms with Crippen molar-refractivity contribution in [2.24, 2.45) is 5.73 Å². The molecule has 0 aliphatic heterocycles. The number of hydrogen-bond donors (Lipinski definition) is 3. The molecule has 1 atom stereocenters. The molecule has 76 valence electrons. The lowest BCUT2D eigenvalue weighted by molar-refractivity contribution is -0.138. The van der Waals surface area contributed by atoms with Crippen molar-refractivity contribution < 1.29 is 9.90 Å². The van der Waals surface area contributed by atoms with Gasteiger partial charge in [0.2, 0.25) is 0 Å². The third-order valence-electron chi connectivity index (χ3n) is 1.63. The van der Waals surface area contributed by atoms with Crippen molar-refractivity contribution in [2.45, 2.75) is 32.2 Å². The van der Waals surface area contributed by atoms with Crippen LogP contribution in [0.15, 0.2) is 0 Å². The number of unbranched alkanes of at least 4 members (excludes halogenated alkanes) is 1. The Hall–Kier alpha value is -0.680. The Labute approximate surface area is 83.5 Å². The van der Waals surface area contributed by atoms with Crippen molar-refractivity contribution in [1.29, 1.82) is 0 Å². The van der Waals surface area contributed by atoms with Crippen molar-refractivity contribution in [1.82, 2.24) is 5.32 Å². The van der Waals surface area contributed by atoms with Crippen LogP contribution in [0.4, 0.5) is 0 Å². The first-order valence-electron chi connectivity index (χ1n) is 4.27. The van der Waals surface area contributed by atoms with E-state index in [1.807, 2.05) is 6.92 Å². The van der Waals surface area contributed by atoms with Gasteiger partial charge in [-0.2, -0.15) is 0 Å². The van der Waals surface area contributed by atoms with Gasteiger partial charge in [0, 0.05) is 6.54 Å². The molecule has 0 bridgehead atoms. The lowest BCUT2D eigenvalue weighted by Crippen LogP contribution is -2.30. The molecule has 0 unspecified atom stereocenters. The number of carboxylic acid groups (broad SMARTS) is 1. The van der Waals surface area contributed by atoms with Crippen LogP contribution >= 0.6 is 12.2 Å². The molecular formula is C8H16N2O2S. The second kappa shape index (κ2) is 6.80. The highest BCUT2D eigenvalue weighted by Gasteiger charge is 2.09. The van der Waals surface area contributed by atoms with E-state index < -0.39 is 12.0 Å². The molecule has 0 saturated carbocycles. The number of carboxylic acids is 1. The first kappa shape index (κ1) is 12.3. The molecule has 0 aromatic carbocycles. The van der Waals surface area contributed by atoms with Crippen LogP contribution in [0.3, 0.4) is 0 Å². The number of hydrogen-bond acceptors (Lipinski definition) is 3. The van der Waals surface area contributed by atoms with E-state index >= 15 is 0 Å². The maximum Gasteiger partial charge on any atom is 0.320 e. The van der Waals surface area contributed by atoms with E-state index in [1.165, 1.54) is 0 Å². The standard InChI is InChI=1S/C8H16N2O2S/c1-6(13)10-5-3-2-4-7(9)8(11)12/h7H,2-5,9H2,1H3,(H,10,13)(H,11,12)/t7-/m0/s1. The van der Waals surface area contributed by atoms with E-state index in [0.29, 0.717) is 6.42 Å². The van der Waals surface area contributed by atoms with Crippen LogP contribution in [-0.4, -0.2) is 28.7 Å². The van der Waals surface area contributed by atoms with Crippen LogP contribution in [0.5, 0.6) is 0 Å². The first-order chi connectivity index (χ1) is 6.04. The van der Waals surface area contributed by atoms with Gasteiger partial charge in [0.1, 0.15) is 6.04 Å². The molecule has 5 heteroatoms. The van der Waals surface area contributed by atoms with Crippen LogP contribution < -0.4 is 11.1 Å². The van der Waals surface area contributed by atoms with Crippen molar-refractivity contribution in [3.05, 3.63) is 0 Å². The summed E-state index contributed by atoms with van der Waals surface area (Å²) in [5.74, 6) is -0.932. The van der Waals surface area contributed by atoms with Gasteiger partial charge < -0.3 is 16.2 Å². The molecule has 0 aliphatic carbocycles. The zero-order chi connectivity index (χ0) is 10.3. The SMILES string of the molecule is CC(=S)NCCCC[C@H](N)C(=O)O. The minimum Gasteiger partial charge on any atom is -0.480 e. The fourth-order valence-electron chi connectivity index (χ4n) is 0.877. The van der Waals surface area contributed by atoms with Crippen molar-refractivity contribution in [3.8, 4) is 0 Å². The predicted molar refractivity (Wildman–Crippen MR) is 55.7 cm³/mol. The van der Waals surface area contributed by atoms with Gasteiger partial charge in [0.25, 0.3) is 0 Å². The Kier molecular flexibility index (Phi) is 6.44. The lowest BCUT2D eigenvalue weighted by atomic mass is 10.1. The summed E-state index contributed by atoms with van der Waals surface area (Å²) in [6.45, 7) is 2.61. The topological polar surface area (TPSA) is 75.3 Å². The number of thiocarbonyl (C=S) groups is 1. The number of carbonyl (C=O) groups is 1. The average Bonchev–Trinajstić information content (AvgIpc) is 2.02. The Balaban J connectivity index is 3.26. The summed E-state index contributed by atoms with van der Waals surface area (Å²) >= 11 is 4.81. The summed E-state index contributed by atoms with van der Waals surface area (Å²) in [5.41, 5.74) is 5.31. The second-order valence-electron chi connectivity index (χ2n) is 2.92. The number of nitrogens with two attached hydrogens (primary N) is 1. The summed E-state index contributed by atoms with van der Waals surface area (Å²) in [5, 5.41) is 11.5. The van der Waals surface area contributed by atoms with Crippen LogP contribution in [0.1, 0.15) is 26.2 Å². The molecule has 0 fully saturated rings. The summed E-state index contributed by atoms with van der Waals surface area (Å²) in [6, 6.07) is -0.728. The van der Waals surface area contributed by atoms with E-state index in [1.54, 1.807) is 0 Å². The van der Waals surface area contributed by atoms with E-state index in [4.69, 9.17) is 23.1 Å². The van der Waals surface area contributed by atoms with Gasteiger partial charge in [-0.25, -0.2) is 0 Å². The van der Waals surface area contributed by atoms with Crippen molar-refractivity contribution in [3.63, 3.8) is 0 Å². The molecule has 13 heavy (non-hydrogen) atoms. The minimum atomic E-state index is -0.932. The molecule has 0 aromatic heterocycles. The summed E-state index contributed by atoms with van der Waals surface area (Å²) in [7, 11) is 0. The zero-order valence-corrected chi connectivity index (χ0v) is 8.56. The van der Waals surface area contributed by atoms with E-state index in [2.05, 4.69) is 5.32 Å². The van der Waals surface area contributed by atoms with Gasteiger partial charge in [0.05, 0.1) is 4.99 Å². The highest BCUT2D eigenvalue weighted by atomic mass is 32.1. The third-order valence-corrected chi connectivity index (χ3v) is 1.78. The predicted octanol–water partition coefficient (Wildman–Crippen LogP) is 0.506. The Bertz CT molecular complexity index is 185. The normalized spacial score (nSPS) is 12.2. The highest BCUT2D eigenvalue weighted by molar-refractivity contribution is 7.80. The monoisotopic (exact) mass is 204 g/mol. The van der Waals surface area contributed by atoms with Crippen molar-refractivity contribution in [2.75, 3.05) is 6.54 Å². The molecule has 0 heterocycles. The van der Waals surface area contributed by atoms with Gasteiger partial charge in [0.15, 0.2) is 0 Å². The van der Waals surface area contributed by atoms with Crippen molar-refractivity contribution >= 4 is 23.2 Å². The quantitative estimate of drug-likeness (QED) is 0.434. The molecule has 0 aliphatic rings. The summed E-state index contributed by atoms with van der Waals surface area (Å²) in [4.78, 5) is 11.1. The summed E-state index contributed by atoms with van der Waals surface area (Å²) < 4.78 is 0. The number of rotatable bonds is 6. The molecule has 0 amide bonds. The largest absolute Gasteiger partial charge is 0.480 e.